The Kier molecular flexibility index (Phi) is 6.90. The van der Waals surface area contributed by atoms with Crippen molar-refractivity contribution in [1.82, 2.24) is 0 Å². The highest BCUT2D eigenvalue weighted by Gasteiger charge is 2.56. The summed E-state index contributed by atoms with van der Waals surface area (Å²) < 4.78 is 44.7. The quantitative estimate of drug-likeness (QED) is 0.189. The first-order chi connectivity index (χ1) is 10.5. The van der Waals surface area contributed by atoms with Crippen LogP contribution in [0.5, 0.6) is 0 Å². The van der Waals surface area contributed by atoms with Gasteiger partial charge < -0.3 is 44.7 Å². The second-order valence-corrected chi connectivity index (χ2v) is 8.23. The van der Waals surface area contributed by atoms with Crippen molar-refractivity contribution in [2.24, 2.45) is 0 Å². The molecule has 9 N–H and O–H groups in total. The van der Waals surface area contributed by atoms with Crippen LogP contribution in [-0.4, -0.2) is 81.3 Å². The summed E-state index contributed by atoms with van der Waals surface area (Å²) >= 11 is 0. The molecule has 1 aliphatic rings. The van der Waals surface area contributed by atoms with Crippen LogP contribution in [0.3, 0.4) is 0 Å². The van der Waals surface area contributed by atoms with Crippen LogP contribution in [0.2, 0.25) is 0 Å². The normalized spacial score (nSPS) is 35.9. The Hall–Kier alpha value is 0.210. The van der Waals surface area contributed by atoms with Gasteiger partial charge in [-0.05, 0) is 0 Å². The molecule has 24 heavy (non-hydrogen) atoms. The van der Waals surface area contributed by atoms with Crippen LogP contribution in [0.1, 0.15) is 0 Å². The summed E-state index contributed by atoms with van der Waals surface area (Å²) in [6, 6.07) is 0. The molecule has 0 bridgehead atoms. The molecular weight excluding hydrogens is 405 g/mol. The summed E-state index contributed by atoms with van der Waals surface area (Å²) in [6.45, 7) is 0. The largest absolute Gasteiger partial charge is 0.470 e. The number of phosphoric acid groups is 3. The first-order valence-corrected chi connectivity index (χ1v) is 10.4. The summed E-state index contributed by atoms with van der Waals surface area (Å²) in [6.07, 6.45) is -14.3. The molecule has 0 unspecified atom stereocenters. The van der Waals surface area contributed by atoms with Gasteiger partial charge in [0.15, 0.2) is 0 Å². The molecule has 0 aromatic carbocycles. The summed E-state index contributed by atoms with van der Waals surface area (Å²) in [5.41, 5.74) is 0. The second-order valence-electron chi connectivity index (χ2n) is 4.65. The third kappa shape index (κ3) is 6.50. The van der Waals surface area contributed by atoms with Crippen molar-refractivity contribution in [2.75, 3.05) is 0 Å². The van der Waals surface area contributed by atoms with Crippen LogP contribution in [0.4, 0.5) is 0 Å². The average molecular weight is 420 g/mol. The molecular formula is C6H15O15P3. The average Bonchev–Trinajstić information content (AvgIpc) is 2.32. The number of hydrogen-bond acceptors (Lipinski definition) is 9. The van der Waals surface area contributed by atoms with Crippen LogP contribution < -0.4 is 0 Å². The van der Waals surface area contributed by atoms with Gasteiger partial charge in [0.25, 0.3) is 0 Å². The van der Waals surface area contributed by atoms with Crippen molar-refractivity contribution < 1.29 is 71.9 Å². The van der Waals surface area contributed by atoms with Crippen LogP contribution in [-0.2, 0) is 27.3 Å². The zero-order valence-corrected chi connectivity index (χ0v) is 14.0. The number of aliphatic hydroxyl groups excluding tert-OH is 3. The van der Waals surface area contributed by atoms with E-state index in [9.17, 15) is 29.0 Å². The molecule has 6 atom stereocenters. The predicted octanol–water partition coefficient (Wildman–Crippen LogP) is -3.48. The standard InChI is InChI=1S/C6H15O15P3/c7-1-2(8)5(20-23(13,14)15)6(21-24(16,17)18)3(9)4(1)19-22(10,11)12/h1-9H,(H2,10,11,12)(H2,13,14,15)(H2,16,17,18)/t1-,2-,3-,4+,5-,6+/m0/s1. The molecule has 18 heteroatoms. The Balaban J connectivity index is 3.23. The lowest BCUT2D eigenvalue weighted by Crippen LogP contribution is -2.65. The van der Waals surface area contributed by atoms with Crippen LogP contribution in [0.15, 0.2) is 0 Å². The highest BCUT2D eigenvalue weighted by molar-refractivity contribution is 7.46. The van der Waals surface area contributed by atoms with E-state index in [1.54, 1.807) is 0 Å². The highest BCUT2D eigenvalue weighted by atomic mass is 31.2. The minimum Gasteiger partial charge on any atom is -0.387 e. The molecule has 144 valence electrons. The van der Waals surface area contributed by atoms with E-state index in [4.69, 9.17) is 29.4 Å². The zero-order valence-electron chi connectivity index (χ0n) is 11.3. The number of rotatable bonds is 6. The van der Waals surface area contributed by atoms with E-state index in [0.717, 1.165) is 0 Å². The molecule has 1 aliphatic carbocycles. The van der Waals surface area contributed by atoms with Gasteiger partial charge in [-0.1, -0.05) is 0 Å². The summed E-state index contributed by atoms with van der Waals surface area (Å²) in [7, 11) is -16.2. The molecule has 0 spiro atoms. The Morgan fingerprint density at radius 1 is 0.500 bits per heavy atom. The van der Waals surface area contributed by atoms with Crippen LogP contribution >= 0.6 is 23.5 Å². The van der Waals surface area contributed by atoms with E-state index in [0.29, 0.717) is 0 Å². The fraction of sp³-hybridized carbons (Fsp3) is 1.00. The van der Waals surface area contributed by atoms with Crippen molar-refractivity contribution in [2.45, 2.75) is 36.6 Å². The molecule has 0 aromatic rings. The van der Waals surface area contributed by atoms with Gasteiger partial charge in [0.05, 0.1) is 0 Å². The van der Waals surface area contributed by atoms with Gasteiger partial charge in [0, 0.05) is 0 Å². The van der Waals surface area contributed by atoms with Crippen LogP contribution in [0.25, 0.3) is 0 Å². The third-order valence-electron chi connectivity index (χ3n) is 2.80. The smallest absolute Gasteiger partial charge is 0.387 e. The molecule has 0 aliphatic heterocycles. The molecule has 1 fully saturated rings. The predicted molar refractivity (Wildman–Crippen MR) is 68.8 cm³/mol. The van der Waals surface area contributed by atoms with E-state index < -0.39 is 60.1 Å². The SMILES string of the molecule is O=P(O)(O)O[C@@H]1[C@@H](O)[C@H](O)[C@H](OP(=O)(O)O)[C@H](OP(=O)(O)O)[C@H]1O. The Labute approximate surface area is 133 Å². The van der Waals surface area contributed by atoms with E-state index in [2.05, 4.69) is 13.6 Å². The molecule has 1 saturated carbocycles. The van der Waals surface area contributed by atoms with Crippen molar-refractivity contribution in [3.8, 4) is 0 Å². The van der Waals surface area contributed by atoms with Crippen molar-refractivity contribution in [3.05, 3.63) is 0 Å². The molecule has 0 saturated heterocycles. The molecule has 0 radical (unpaired) electrons. The Morgan fingerprint density at radius 3 is 1.08 bits per heavy atom. The lowest BCUT2D eigenvalue weighted by atomic mass is 9.85. The molecule has 0 aromatic heterocycles. The van der Waals surface area contributed by atoms with E-state index in [1.807, 2.05) is 0 Å². The first-order valence-electron chi connectivity index (χ1n) is 5.78. The van der Waals surface area contributed by atoms with Crippen molar-refractivity contribution in [3.63, 3.8) is 0 Å². The third-order valence-corrected chi connectivity index (χ3v) is 4.35. The minimum atomic E-state index is -5.43. The lowest BCUT2D eigenvalue weighted by Gasteiger charge is -2.44. The monoisotopic (exact) mass is 420 g/mol. The fourth-order valence-corrected chi connectivity index (χ4v) is 3.70. The molecule has 15 nitrogen and oxygen atoms in total. The molecule has 0 amide bonds. The fourth-order valence-electron chi connectivity index (χ4n) is 2.01. The van der Waals surface area contributed by atoms with E-state index in [1.165, 1.54) is 0 Å². The summed E-state index contributed by atoms with van der Waals surface area (Å²) in [5.74, 6) is 0. The van der Waals surface area contributed by atoms with E-state index in [-0.39, 0.29) is 0 Å². The zero-order chi connectivity index (χ0) is 19.1. The minimum absolute atomic E-state index is 2.32. The second kappa shape index (κ2) is 7.45. The molecule has 0 heterocycles. The van der Waals surface area contributed by atoms with Gasteiger partial charge in [0.1, 0.15) is 36.6 Å². The molecule has 1 rings (SSSR count). The number of hydrogen-bond donors (Lipinski definition) is 9. The van der Waals surface area contributed by atoms with Gasteiger partial charge in [-0.2, -0.15) is 0 Å². The Bertz CT molecular complexity index is 574. The number of aliphatic hydroxyl groups is 3. The number of phosphoric ester groups is 3. The summed E-state index contributed by atoms with van der Waals surface area (Å²) in [4.78, 5) is 52.4. The summed E-state index contributed by atoms with van der Waals surface area (Å²) in [5, 5.41) is 29.3. The van der Waals surface area contributed by atoms with Gasteiger partial charge in [-0.3, -0.25) is 13.6 Å². The van der Waals surface area contributed by atoms with Gasteiger partial charge in [0.2, 0.25) is 0 Å². The maximum absolute atomic E-state index is 10.9. The van der Waals surface area contributed by atoms with Crippen molar-refractivity contribution >= 4 is 23.5 Å². The maximum atomic E-state index is 10.9. The topological polar surface area (TPSA) is 261 Å². The first kappa shape index (κ1) is 22.3. The van der Waals surface area contributed by atoms with Gasteiger partial charge in [-0.25, -0.2) is 13.7 Å². The lowest BCUT2D eigenvalue weighted by molar-refractivity contribution is -0.212. The maximum Gasteiger partial charge on any atom is 0.470 e. The van der Waals surface area contributed by atoms with Gasteiger partial charge in [-0.15, -0.1) is 0 Å². The Morgan fingerprint density at radius 2 is 0.750 bits per heavy atom. The van der Waals surface area contributed by atoms with Crippen molar-refractivity contribution in [1.29, 1.82) is 0 Å². The highest BCUT2D eigenvalue weighted by Crippen LogP contribution is 2.49. The van der Waals surface area contributed by atoms with E-state index >= 15 is 0 Å². The van der Waals surface area contributed by atoms with Gasteiger partial charge >= 0.3 is 23.5 Å². The van der Waals surface area contributed by atoms with Crippen LogP contribution in [0, 0.1) is 0 Å².